The molecular formula is C8H13N3O4S. The minimum Gasteiger partial charge on any atom is -0.462 e. The quantitative estimate of drug-likeness (QED) is 0.707. The van der Waals surface area contributed by atoms with Gasteiger partial charge in [0, 0.05) is 6.54 Å². The molecule has 0 aliphatic rings. The molecule has 1 rings (SSSR count). The van der Waals surface area contributed by atoms with E-state index in [-0.39, 0.29) is 23.7 Å². The van der Waals surface area contributed by atoms with Gasteiger partial charge in [0.15, 0.2) is 5.03 Å². The molecule has 0 aliphatic heterocycles. The lowest BCUT2D eigenvalue weighted by atomic mass is 10.4. The molecule has 0 bridgehead atoms. The first-order chi connectivity index (χ1) is 7.53. The predicted molar refractivity (Wildman–Crippen MR) is 55.4 cm³/mol. The number of nitrogens with one attached hydrogen (secondary N) is 2. The number of rotatable bonds is 5. The molecule has 8 heteroatoms. The van der Waals surface area contributed by atoms with Crippen LogP contribution in [0.5, 0.6) is 0 Å². The molecule has 0 saturated carbocycles. The SMILES string of the molecule is CCNS(=O)(=O)c1[nH]ncc1C(=O)OCC. The van der Waals surface area contributed by atoms with Crippen molar-refractivity contribution in [2.75, 3.05) is 13.2 Å². The fourth-order valence-corrected chi connectivity index (χ4v) is 2.22. The first-order valence-electron chi connectivity index (χ1n) is 4.73. The zero-order chi connectivity index (χ0) is 12.2. The van der Waals surface area contributed by atoms with Gasteiger partial charge in [-0.3, -0.25) is 5.10 Å². The van der Waals surface area contributed by atoms with Gasteiger partial charge in [-0.1, -0.05) is 6.92 Å². The standard InChI is InChI=1S/C8H13N3O4S/c1-3-10-16(13,14)7-6(5-9-11-7)8(12)15-4-2/h5,10H,3-4H2,1-2H3,(H,9,11). The Hall–Kier alpha value is -1.41. The zero-order valence-corrected chi connectivity index (χ0v) is 9.80. The first kappa shape index (κ1) is 12.7. The molecule has 0 spiro atoms. The second-order valence-electron chi connectivity index (χ2n) is 2.83. The van der Waals surface area contributed by atoms with Gasteiger partial charge in [-0.15, -0.1) is 0 Å². The number of H-pyrrole nitrogens is 1. The molecule has 0 aliphatic carbocycles. The van der Waals surface area contributed by atoms with Crippen LogP contribution < -0.4 is 4.72 Å². The van der Waals surface area contributed by atoms with E-state index in [1.54, 1.807) is 13.8 Å². The van der Waals surface area contributed by atoms with Crippen LogP contribution in [0, 0.1) is 0 Å². The maximum atomic E-state index is 11.6. The lowest BCUT2D eigenvalue weighted by Crippen LogP contribution is -2.25. The molecule has 0 saturated heterocycles. The van der Waals surface area contributed by atoms with Crippen molar-refractivity contribution in [1.29, 1.82) is 0 Å². The number of hydrogen-bond donors (Lipinski definition) is 2. The van der Waals surface area contributed by atoms with Gasteiger partial charge in [-0.25, -0.2) is 17.9 Å². The van der Waals surface area contributed by atoms with E-state index >= 15 is 0 Å². The number of nitrogens with zero attached hydrogens (tertiary/aromatic N) is 1. The molecular weight excluding hydrogens is 234 g/mol. The van der Waals surface area contributed by atoms with Crippen LogP contribution >= 0.6 is 0 Å². The van der Waals surface area contributed by atoms with Crippen molar-refractivity contribution >= 4 is 16.0 Å². The zero-order valence-electron chi connectivity index (χ0n) is 8.98. The summed E-state index contributed by atoms with van der Waals surface area (Å²) in [5.41, 5.74) is -0.0946. The summed E-state index contributed by atoms with van der Waals surface area (Å²) in [6, 6.07) is 0. The Labute approximate surface area is 93.2 Å². The van der Waals surface area contributed by atoms with Crippen molar-refractivity contribution in [3.8, 4) is 0 Å². The summed E-state index contributed by atoms with van der Waals surface area (Å²) in [4.78, 5) is 11.4. The number of ether oxygens (including phenoxy) is 1. The number of aromatic nitrogens is 2. The number of carbonyl (C=O) groups is 1. The minimum absolute atomic E-state index is 0.0946. The highest BCUT2D eigenvalue weighted by atomic mass is 32.2. The van der Waals surface area contributed by atoms with E-state index < -0.39 is 16.0 Å². The molecule has 16 heavy (non-hydrogen) atoms. The normalized spacial score (nSPS) is 11.4. The van der Waals surface area contributed by atoms with Crippen LogP contribution in [-0.2, 0) is 14.8 Å². The van der Waals surface area contributed by atoms with Gasteiger partial charge < -0.3 is 4.74 Å². The molecule has 0 radical (unpaired) electrons. The van der Waals surface area contributed by atoms with Gasteiger partial charge in [0.05, 0.1) is 12.8 Å². The molecule has 0 aromatic carbocycles. The van der Waals surface area contributed by atoms with E-state index in [1.165, 1.54) is 0 Å². The van der Waals surface area contributed by atoms with E-state index in [0.29, 0.717) is 0 Å². The average Bonchev–Trinajstić information content (AvgIpc) is 2.66. The smallest absolute Gasteiger partial charge is 0.342 e. The molecule has 2 N–H and O–H groups in total. The van der Waals surface area contributed by atoms with Gasteiger partial charge >= 0.3 is 5.97 Å². The molecule has 90 valence electrons. The Morgan fingerprint density at radius 2 is 2.25 bits per heavy atom. The third kappa shape index (κ3) is 2.58. The Kier molecular flexibility index (Phi) is 4.02. The van der Waals surface area contributed by atoms with E-state index in [0.717, 1.165) is 6.20 Å². The van der Waals surface area contributed by atoms with E-state index in [1.807, 2.05) is 0 Å². The summed E-state index contributed by atoms with van der Waals surface area (Å²) in [5.74, 6) is -0.715. The van der Waals surface area contributed by atoms with Crippen molar-refractivity contribution in [3.63, 3.8) is 0 Å². The summed E-state index contributed by atoms with van der Waals surface area (Å²) in [6.07, 6.45) is 1.13. The highest BCUT2D eigenvalue weighted by Gasteiger charge is 2.24. The van der Waals surface area contributed by atoms with E-state index in [9.17, 15) is 13.2 Å². The van der Waals surface area contributed by atoms with Gasteiger partial charge in [0.1, 0.15) is 5.56 Å². The van der Waals surface area contributed by atoms with Crippen molar-refractivity contribution in [2.45, 2.75) is 18.9 Å². The Balaban J connectivity index is 3.08. The summed E-state index contributed by atoms with van der Waals surface area (Å²) in [7, 11) is -3.73. The molecule has 0 fully saturated rings. The molecule has 0 atom stereocenters. The highest BCUT2D eigenvalue weighted by molar-refractivity contribution is 7.89. The summed E-state index contributed by atoms with van der Waals surface area (Å²) in [6.45, 7) is 3.67. The lowest BCUT2D eigenvalue weighted by Gasteiger charge is -2.04. The summed E-state index contributed by atoms with van der Waals surface area (Å²) in [5, 5.41) is 5.53. The van der Waals surface area contributed by atoms with Crippen LogP contribution in [0.3, 0.4) is 0 Å². The third-order valence-electron chi connectivity index (χ3n) is 1.70. The molecule has 1 heterocycles. The van der Waals surface area contributed by atoms with Gasteiger partial charge in [-0.05, 0) is 6.92 Å². The fourth-order valence-electron chi connectivity index (χ4n) is 1.10. The second-order valence-corrected chi connectivity index (χ2v) is 4.54. The van der Waals surface area contributed by atoms with Crippen LogP contribution in [0.1, 0.15) is 24.2 Å². The van der Waals surface area contributed by atoms with Gasteiger partial charge in [0.2, 0.25) is 0 Å². The van der Waals surface area contributed by atoms with Crippen molar-refractivity contribution < 1.29 is 17.9 Å². The number of sulfonamides is 1. The Morgan fingerprint density at radius 3 is 2.81 bits per heavy atom. The molecule has 1 aromatic rings. The lowest BCUT2D eigenvalue weighted by molar-refractivity contribution is 0.0522. The molecule has 1 aromatic heterocycles. The van der Waals surface area contributed by atoms with Gasteiger partial charge in [0.25, 0.3) is 10.0 Å². The predicted octanol–water partition coefficient (Wildman–Crippen LogP) is -0.115. The van der Waals surface area contributed by atoms with Crippen molar-refractivity contribution in [2.24, 2.45) is 0 Å². The molecule has 7 nitrogen and oxygen atoms in total. The van der Waals surface area contributed by atoms with Crippen molar-refractivity contribution in [3.05, 3.63) is 11.8 Å². The van der Waals surface area contributed by atoms with Crippen LogP contribution in [0.2, 0.25) is 0 Å². The average molecular weight is 247 g/mol. The number of aromatic amines is 1. The Morgan fingerprint density at radius 1 is 1.56 bits per heavy atom. The topological polar surface area (TPSA) is 101 Å². The molecule has 0 amide bonds. The van der Waals surface area contributed by atoms with Crippen molar-refractivity contribution in [1.82, 2.24) is 14.9 Å². The molecule has 0 unspecified atom stereocenters. The second kappa shape index (κ2) is 5.08. The summed E-state index contributed by atoms with van der Waals surface area (Å²) >= 11 is 0. The Bertz CT molecular complexity index is 465. The van der Waals surface area contributed by atoms with Crippen LogP contribution in [0.25, 0.3) is 0 Å². The van der Waals surface area contributed by atoms with E-state index in [4.69, 9.17) is 4.74 Å². The fraction of sp³-hybridized carbons (Fsp3) is 0.500. The monoisotopic (exact) mass is 247 g/mol. The maximum Gasteiger partial charge on any atom is 0.342 e. The number of carbonyl (C=O) groups excluding carboxylic acids is 1. The third-order valence-corrected chi connectivity index (χ3v) is 3.22. The maximum absolute atomic E-state index is 11.6. The largest absolute Gasteiger partial charge is 0.462 e. The number of hydrogen-bond acceptors (Lipinski definition) is 5. The van der Waals surface area contributed by atoms with Crippen LogP contribution in [-0.4, -0.2) is 37.7 Å². The van der Waals surface area contributed by atoms with Crippen LogP contribution in [0.4, 0.5) is 0 Å². The minimum atomic E-state index is -3.73. The van der Waals surface area contributed by atoms with Crippen LogP contribution in [0.15, 0.2) is 11.2 Å². The van der Waals surface area contributed by atoms with E-state index in [2.05, 4.69) is 14.9 Å². The highest BCUT2D eigenvalue weighted by Crippen LogP contribution is 2.12. The van der Waals surface area contributed by atoms with Gasteiger partial charge in [-0.2, -0.15) is 5.10 Å². The first-order valence-corrected chi connectivity index (χ1v) is 6.21. The summed E-state index contributed by atoms with van der Waals surface area (Å²) < 4.78 is 30.2. The number of esters is 1.